The Hall–Kier alpha value is -1.93. The lowest BCUT2D eigenvalue weighted by Gasteiger charge is -2.08. The van der Waals surface area contributed by atoms with E-state index >= 15 is 0 Å². The minimum Gasteiger partial charge on any atom is -0.332 e. The van der Waals surface area contributed by atoms with Crippen LogP contribution in [0.3, 0.4) is 0 Å². The van der Waals surface area contributed by atoms with Crippen LogP contribution in [0.2, 0.25) is 15.1 Å². The number of thiocarbonyl (C=S) groups is 1. The number of anilines is 2. The summed E-state index contributed by atoms with van der Waals surface area (Å²) in [5.41, 5.74) is 1.40. The summed E-state index contributed by atoms with van der Waals surface area (Å²) in [6.45, 7) is 0.429. The number of hydrogen-bond acceptors (Lipinski definition) is 3. The molecule has 0 unspecified atom stereocenters. The highest BCUT2D eigenvalue weighted by Crippen LogP contribution is 2.22. The quantitative estimate of drug-likeness (QED) is 0.555. The van der Waals surface area contributed by atoms with E-state index < -0.39 is 5.82 Å². The molecule has 26 heavy (non-hydrogen) atoms. The van der Waals surface area contributed by atoms with Crippen molar-refractivity contribution in [3.8, 4) is 0 Å². The molecule has 5 nitrogen and oxygen atoms in total. The Morgan fingerprint density at radius 2 is 1.88 bits per heavy atom. The first kappa shape index (κ1) is 18.8. The van der Waals surface area contributed by atoms with Crippen LogP contribution < -0.4 is 10.6 Å². The number of halogens is 4. The van der Waals surface area contributed by atoms with Gasteiger partial charge < -0.3 is 5.32 Å². The maximum absolute atomic E-state index is 13.2. The van der Waals surface area contributed by atoms with E-state index in [2.05, 4.69) is 20.7 Å². The van der Waals surface area contributed by atoms with Gasteiger partial charge in [0, 0.05) is 15.7 Å². The highest BCUT2D eigenvalue weighted by atomic mass is 35.5. The Morgan fingerprint density at radius 3 is 2.62 bits per heavy atom. The minimum absolute atomic E-state index is 0.0000427. The van der Waals surface area contributed by atoms with Crippen LogP contribution in [0.5, 0.6) is 0 Å². The van der Waals surface area contributed by atoms with Crippen LogP contribution in [0.4, 0.5) is 16.0 Å². The molecule has 0 saturated carbocycles. The Balaban J connectivity index is 1.62. The molecule has 134 valence electrons. The average Bonchev–Trinajstić information content (AvgIpc) is 3.00. The Morgan fingerprint density at radius 1 is 1.08 bits per heavy atom. The van der Waals surface area contributed by atoms with E-state index in [0.29, 0.717) is 28.2 Å². The van der Waals surface area contributed by atoms with Gasteiger partial charge in [-0.1, -0.05) is 40.9 Å². The molecule has 3 rings (SSSR count). The van der Waals surface area contributed by atoms with Crippen molar-refractivity contribution in [2.75, 3.05) is 10.6 Å². The molecule has 0 fully saturated rings. The van der Waals surface area contributed by atoms with Gasteiger partial charge in [0.15, 0.2) is 5.11 Å². The molecule has 0 atom stereocenters. The number of nitrogens with zero attached hydrogens (tertiary/aromatic N) is 3. The van der Waals surface area contributed by atoms with Gasteiger partial charge in [0.25, 0.3) is 0 Å². The third-order valence-corrected chi connectivity index (χ3v) is 4.37. The van der Waals surface area contributed by atoms with E-state index in [4.69, 9.17) is 47.0 Å². The maximum atomic E-state index is 13.2. The van der Waals surface area contributed by atoms with Crippen LogP contribution in [-0.2, 0) is 6.54 Å². The minimum atomic E-state index is -0.502. The Bertz CT molecular complexity index is 963. The van der Waals surface area contributed by atoms with Crippen molar-refractivity contribution < 1.29 is 4.39 Å². The molecule has 0 spiro atoms. The molecule has 0 aliphatic heterocycles. The fourth-order valence-electron chi connectivity index (χ4n) is 2.09. The van der Waals surface area contributed by atoms with Gasteiger partial charge in [0.1, 0.15) is 12.1 Å². The van der Waals surface area contributed by atoms with Crippen molar-refractivity contribution in [2.24, 2.45) is 0 Å². The standard InChI is InChI=1S/C16H11Cl3FN5S/c17-10-2-1-9(12(18)5-10)7-25-8-21-15(24-25)23-16(26)22-11-3-4-14(20)13(19)6-11/h1-6,8H,7H2,(H2,22,23,24,26). The van der Waals surface area contributed by atoms with E-state index in [0.717, 1.165) is 5.56 Å². The van der Waals surface area contributed by atoms with Crippen LogP contribution >= 0.6 is 47.0 Å². The van der Waals surface area contributed by atoms with Crippen LogP contribution in [0.15, 0.2) is 42.7 Å². The van der Waals surface area contributed by atoms with E-state index in [-0.39, 0.29) is 10.1 Å². The number of aromatic nitrogens is 3. The predicted octanol–water partition coefficient (Wildman–Crippen LogP) is 5.23. The van der Waals surface area contributed by atoms with Crippen molar-refractivity contribution in [1.82, 2.24) is 14.8 Å². The topological polar surface area (TPSA) is 54.8 Å². The van der Waals surface area contributed by atoms with E-state index in [1.807, 2.05) is 6.07 Å². The summed E-state index contributed by atoms with van der Waals surface area (Å²) >= 11 is 23.0. The molecule has 0 bridgehead atoms. The highest BCUT2D eigenvalue weighted by molar-refractivity contribution is 7.80. The summed E-state index contributed by atoms with van der Waals surface area (Å²) in [7, 11) is 0. The van der Waals surface area contributed by atoms with Crippen molar-refractivity contribution in [2.45, 2.75) is 6.54 Å². The smallest absolute Gasteiger partial charge is 0.248 e. The largest absolute Gasteiger partial charge is 0.332 e. The first-order valence-electron chi connectivity index (χ1n) is 7.27. The van der Waals surface area contributed by atoms with Crippen LogP contribution in [0, 0.1) is 5.82 Å². The van der Waals surface area contributed by atoms with Gasteiger partial charge in [0.05, 0.1) is 11.6 Å². The molecule has 0 aliphatic carbocycles. The molecule has 1 heterocycles. The summed E-state index contributed by atoms with van der Waals surface area (Å²) < 4.78 is 14.8. The van der Waals surface area contributed by atoms with Crippen LogP contribution in [0.1, 0.15) is 5.56 Å². The summed E-state index contributed by atoms with van der Waals surface area (Å²) in [5, 5.41) is 11.4. The highest BCUT2D eigenvalue weighted by Gasteiger charge is 2.08. The van der Waals surface area contributed by atoms with Crippen molar-refractivity contribution in [1.29, 1.82) is 0 Å². The summed E-state index contributed by atoms with van der Waals surface area (Å²) in [5.74, 6) is -0.196. The molecule has 10 heteroatoms. The van der Waals surface area contributed by atoms with Gasteiger partial charge in [-0.25, -0.2) is 14.1 Å². The molecule has 0 saturated heterocycles. The van der Waals surface area contributed by atoms with Crippen LogP contribution in [0.25, 0.3) is 0 Å². The predicted molar refractivity (Wildman–Crippen MR) is 107 cm³/mol. The monoisotopic (exact) mass is 429 g/mol. The summed E-state index contributed by atoms with van der Waals surface area (Å²) in [6.07, 6.45) is 1.55. The van der Waals surface area contributed by atoms with Gasteiger partial charge in [-0.15, -0.1) is 5.10 Å². The molecule has 3 aromatic rings. The third-order valence-electron chi connectivity index (χ3n) is 3.29. The van der Waals surface area contributed by atoms with Crippen molar-refractivity contribution in [3.63, 3.8) is 0 Å². The van der Waals surface area contributed by atoms with Gasteiger partial charge in [-0.2, -0.15) is 0 Å². The van der Waals surface area contributed by atoms with Crippen molar-refractivity contribution in [3.05, 3.63) is 69.2 Å². The molecular formula is C16H11Cl3FN5S. The molecular weight excluding hydrogens is 420 g/mol. The lowest BCUT2D eigenvalue weighted by molar-refractivity contribution is 0.628. The van der Waals surface area contributed by atoms with Crippen LogP contribution in [-0.4, -0.2) is 19.9 Å². The lowest BCUT2D eigenvalue weighted by atomic mass is 10.2. The maximum Gasteiger partial charge on any atom is 0.248 e. The Kier molecular flexibility index (Phi) is 5.93. The first-order chi connectivity index (χ1) is 12.4. The second-order valence-corrected chi connectivity index (χ2v) is 6.87. The zero-order chi connectivity index (χ0) is 18.7. The zero-order valence-electron chi connectivity index (χ0n) is 13.0. The molecule has 0 amide bonds. The van der Waals surface area contributed by atoms with Gasteiger partial charge in [-0.3, -0.25) is 5.32 Å². The van der Waals surface area contributed by atoms with Gasteiger partial charge in [0.2, 0.25) is 5.95 Å². The number of nitrogens with one attached hydrogen (secondary N) is 2. The molecule has 0 radical (unpaired) electrons. The van der Waals surface area contributed by atoms with Gasteiger partial charge >= 0.3 is 0 Å². The van der Waals surface area contributed by atoms with E-state index in [9.17, 15) is 4.39 Å². The number of hydrogen-bond donors (Lipinski definition) is 2. The second-order valence-electron chi connectivity index (χ2n) is 5.21. The van der Waals surface area contributed by atoms with E-state index in [1.54, 1.807) is 23.1 Å². The molecule has 1 aromatic heterocycles. The second kappa shape index (κ2) is 8.18. The zero-order valence-corrected chi connectivity index (χ0v) is 16.1. The van der Waals surface area contributed by atoms with Gasteiger partial charge in [-0.05, 0) is 48.1 Å². The fraction of sp³-hybridized carbons (Fsp3) is 0.0625. The third kappa shape index (κ3) is 4.82. The molecule has 2 aromatic carbocycles. The number of benzene rings is 2. The molecule has 0 aliphatic rings. The lowest BCUT2D eigenvalue weighted by Crippen LogP contribution is -2.20. The fourth-order valence-corrected chi connectivity index (χ4v) is 2.95. The normalized spacial score (nSPS) is 10.6. The Labute approximate surface area is 169 Å². The van der Waals surface area contributed by atoms with E-state index in [1.165, 1.54) is 18.2 Å². The molecule has 2 N–H and O–H groups in total. The summed E-state index contributed by atoms with van der Waals surface area (Å²) in [6, 6.07) is 9.44. The SMILES string of the molecule is Fc1ccc(NC(=S)Nc2ncn(Cc3ccc(Cl)cc3Cl)n2)cc1Cl. The summed E-state index contributed by atoms with van der Waals surface area (Å²) in [4.78, 5) is 4.13. The van der Waals surface area contributed by atoms with Crippen molar-refractivity contribution >= 4 is 63.8 Å². The number of rotatable bonds is 4. The average molecular weight is 431 g/mol. The first-order valence-corrected chi connectivity index (χ1v) is 8.81.